The van der Waals surface area contributed by atoms with Crippen molar-refractivity contribution in [3.05, 3.63) is 23.5 Å². The van der Waals surface area contributed by atoms with Gasteiger partial charge in [-0.15, -0.1) is 0 Å². The van der Waals surface area contributed by atoms with Crippen LogP contribution in [0.15, 0.2) is 23.5 Å². The van der Waals surface area contributed by atoms with E-state index >= 15 is 0 Å². The van der Waals surface area contributed by atoms with E-state index in [1.54, 1.807) is 0 Å². The van der Waals surface area contributed by atoms with Crippen LogP contribution in [-0.4, -0.2) is 27.2 Å². The lowest BCUT2D eigenvalue weighted by molar-refractivity contribution is -0.142. The highest BCUT2D eigenvalue weighted by atomic mass is 28.4. The van der Waals surface area contributed by atoms with Crippen molar-refractivity contribution in [2.75, 3.05) is 7.11 Å². The van der Waals surface area contributed by atoms with E-state index in [0.29, 0.717) is 24.2 Å². The predicted octanol–water partition coefficient (Wildman–Crippen LogP) is 5.02. The van der Waals surface area contributed by atoms with Crippen molar-refractivity contribution in [1.82, 2.24) is 0 Å². The number of hydrogen-bond donors (Lipinski definition) is 0. The van der Waals surface area contributed by atoms with E-state index in [0.717, 1.165) is 12.0 Å². The molecule has 0 heterocycles. The summed E-state index contributed by atoms with van der Waals surface area (Å²) in [6.45, 7) is 18.8. The molecule has 0 spiro atoms. The molecule has 1 saturated carbocycles. The third kappa shape index (κ3) is 3.30. The van der Waals surface area contributed by atoms with E-state index in [9.17, 15) is 9.59 Å². The summed E-state index contributed by atoms with van der Waals surface area (Å²) in [5.41, 5.74) is 0.690. The van der Waals surface area contributed by atoms with Crippen molar-refractivity contribution in [2.45, 2.75) is 72.0 Å². The molecule has 0 amide bonds. The summed E-state index contributed by atoms with van der Waals surface area (Å²) in [7, 11) is -0.748. The Bertz CT molecular complexity index is 668. The van der Waals surface area contributed by atoms with Gasteiger partial charge in [0.05, 0.1) is 23.9 Å². The van der Waals surface area contributed by atoms with Crippen molar-refractivity contribution in [3.8, 4) is 0 Å². The van der Waals surface area contributed by atoms with Gasteiger partial charge in [0.2, 0.25) is 8.32 Å². The van der Waals surface area contributed by atoms with Gasteiger partial charge < -0.3 is 9.16 Å². The van der Waals surface area contributed by atoms with Crippen LogP contribution in [0.2, 0.25) is 18.1 Å². The lowest BCUT2D eigenvalue weighted by Crippen LogP contribution is -2.43. The molecule has 3 atom stereocenters. The van der Waals surface area contributed by atoms with E-state index in [1.165, 1.54) is 7.11 Å². The minimum atomic E-state index is -2.12. The maximum absolute atomic E-state index is 13.1. The highest BCUT2D eigenvalue weighted by Gasteiger charge is 2.57. The van der Waals surface area contributed by atoms with Crippen LogP contribution < -0.4 is 0 Å². The highest BCUT2D eigenvalue weighted by Crippen LogP contribution is 2.56. The minimum Gasteiger partial charge on any atom is -0.546 e. The van der Waals surface area contributed by atoms with Crippen LogP contribution in [0.1, 0.15) is 53.9 Å². The molecule has 2 aliphatic rings. The molecule has 0 saturated heterocycles. The molecule has 0 radical (unpaired) electrons. The number of hydrogen-bond acceptors (Lipinski definition) is 4. The summed E-state index contributed by atoms with van der Waals surface area (Å²) in [5, 5.41) is 0.0140. The molecule has 4 nitrogen and oxygen atoms in total. The second-order valence-corrected chi connectivity index (χ2v) is 14.4. The second-order valence-electron chi connectivity index (χ2n) is 9.66. The van der Waals surface area contributed by atoms with Crippen LogP contribution in [0.4, 0.5) is 0 Å². The van der Waals surface area contributed by atoms with Crippen molar-refractivity contribution in [3.63, 3.8) is 0 Å². The lowest BCUT2D eigenvalue weighted by Gasteiger charge is -2.39. The van der Waals surface area contributed by atoms with E-state index < -0.39 is 19.7 Å². The molecule has 2 aliphatic carbocycles. The van der Waals surface area contributed by atoms with Crippen LogP contribution in [0.5, 0.6) is 0 Å². The van der Waals surface area contributed by atoms with Crippen molar-refractivity contribution in [1.29, 1.82) is 0 Å². The first-order valence-electron chi connectivity index (χ1n) is 9.45. The van der Waals surface area contributed by atoms with Gasteiger partial charge in [-0.25, -0.2) is 4.79 Å². The maximum Gasteiger partial charge on any atom is 0.338 e. The van der Waals surface area contributed by atoms with Gasteiger partial charge in [0.15, 0.2) is 0 Å². The topological polar surface area (TPSA) is 52.6 Å². The third-order valence-corrected chi connectivity index (χ3v) is 11.3. The number of esters is 1. The van der Waals surface area contributed by atoms with Gasteiger partial charge in [-0.2, -0.15) is 0 Å². The van der Waals surface area contributed by atoms with Gasteiger partial charge in [0.25, 0.3) is 0 Å². The maximum atomic E-state index is 13.1. The molecule has 1 fully saturated rings. The van der Waals surface area contributed by atoms with Crippen LogP contribution >= 0.6 is 0 Å². The molecule has 0 N–H and O–H groups in total. The van der Waals surface area contributed by atoms with E-state index in [-0.39, 0.29) is 22.7 Å². The zero-order chi connectivity index (χ0) is 20.1. The first-order valence-corrected chi connectivity index (χ1v) is 12.4. The highest BCUT2D eigenvalue weighted by molar-refractivity contribution is 6.74. The Kier molecular flexibility index (Phi) is 5.37. The third-order valence-electron chi connectivity index (χ3n) is 6.90. The fourth-order valence-electron chi connectivity index (χ4n) is 3.93. The Hall–Kier alpha value is -1.36. The molecule has 0 aromatic rings. The SMILES string of the molecule is C=C(C)[C@H]1CC(=O)[C@]2(C)C(C(=O)OC)=C(O[Si](C)(C)C(C)(C)C)C[C@@H]2C1. The zero-order valence-corrected chi connectivity index (χ0v) is 18.6. The molecule has 5 heteroatoms. The standard InChI is InChI=1S/C21H34O4Si/c1-13(2)14-10-15-12-16(25-26(8,9)20(3,4)5)18(19(23)24-7)21(15,6)17(22)11-14/h14-15H,1,10-12H2,2-9H3/t14-,15+,21-/m1/s1. The van der Waals surface area contributed by atoms with Gasteiger partial charge in [0.1, 0.15) is 5.78 Å². The second kappa shape index (κ2) is 6.66. The average Bonchev–Trinajstić information content (AvgIpc) is 2.77. The molecule has 26 heavy (non-hydrogen) atoms. The van der Waals surface area contributed by atoms with Gasteiger partial charge >= 0.3 is 5.97 Å². The number of ketones is 1. The first kappa shape index (κ1) is 20.9. The number of ether oxygens (including phenoxy) is 1. The summed E-state index contributed by atoms with van der Waals surface area (Å²) < 4.78 is 11.6. The van der Waals surface area contributed by atoms with Crippen molar-refractivity contribution in [2.24, 2.45) is 17.3 Å². The summed E-state index contributed by atoms with van der Waals surface area (Å²) in [5.74, 6) is 0.625. The molecule has 146 valence electrons. The lowest BCUT2D eigenvalue weighted by atomic mass is 9.61. The normalized spacial score (nSPS) is 29.5. The Morgan fingerprint density at radius 2 is 1.85 bits per heavy atom. The summed E-state index contributed by atoms with van der Waals surface area (Å²) >= 11 is 0. The Labute approximate surface area is 159 Å². The molecule has 0 aromatic heterocycles. The molecule has 2 rings (SSSR count). The number of carbonyl (C=O) groups is 2. The molecule has 0 aliphatic heterocycles. The Morgan fingerprint density at radius 3 is 2.31 bits per heavy atom. The quantitative estimate of drug-likeness (QED) is 0.392. The van der Waals surface area contributed by atoms with Crippen molar-refractivity contribution < 1.29 is 18.8 Å². The molecular weight excluding hydrogens is 344 g/mol. The van der Waals surface area contributed by atoms with Gasteiger partial charge in [0, 0.05) is 12.8 Å². The van der Waals surface area contributed by atoms with Crippen LogP contribution in [-0.2, 0) is 18.8 Å². The van der Waals surface area contributed by atoms with Crippen LogP contribution in [0.25, 0.3) is 0 Å². The summed E-state index contributed by atoms with van der Waals surface area (Å²) in [6.07, 6.45) is 1.93. The average molecular weight is 379 g/mol. The summed E-state index contributed by atoms with van der Waals surface area (Å²) in [4.78, 5) is 25.8. The fourth-order valence-corrected chi connectivity index (χ4v) is 5.04. The molecule has 0 aromatic carbocycles. The first-order chi connectivity index (χ1) is 11.8. The number of Topliss-reactive ketones (excluding diaryl/α,β-unsaturated/α-hetero) is 1. The number of allylic oxidation sites excluding steroid dienone is 2. The summed E-state index contributed by atoms with van der Waals surface area (Å²) in [6, 6.07) is 0. The van der Waals surface area contributed by atoms with E-state index in [4.69, 9.17) is 9.16 Å². The fraction of sp³-hybridized carbons (Fsp3) is 0.714. The molecule has 0 bridgehead atoms. The number of methoxy groups -OCH3 is 1. The van der Waals surface area contributed by atoms with E-state index in [1.807, 2.05) is 13.8 Å². The Balaban J connectivity index is 2.50. The van der Waals surface area contributed by atoms with Gasteiger partial charge in [-0.1, -0.05) is 32.9 Å². The van der Waals surface area contributed by atoms with E-state index in [2.05, 4.69) is 40.4 Å². The zero-order valence-electron chi connectivity index (χ0n) is 17.6. The Morgan fingerprint density at radius 1 is 1.27 bits per heavy atom. The van der Waals surface area contributed by atoms with Crippen molar-refractivity contribution >= 4 is 20.1 Å². The van der Waals surface area contributed by atoms with Gasteiger partial charge in [-0.3, -0.25) is 4.79 Å². The smallest absolute Gasteiger partial charge is 0.338 e. The largest absolute Gasteiger partial charge is 0.546 e. The number of rotatable bonds is 4. The number of fused-ring (bicyclic) bond motifs is 1. The predicted molar refractivity (Wildman–Crippen MR) is 106 cm³/mol. The van der Waals surface area contributed by atoms with Crippen LogP contribution in [0, 0.1) is 17.3 Å². The van der Waals surface area contributed by atoms with Crippen LogP contribution in [0.3, 0.4) is 0 Å². The number of carbonyl (C=O) groups excluding carboxylic acids is 2. The molecular formula is C21H34O4Si. The minimum absolute atomic E-state index is 0.0140. The van der Waals surface area contributed by atoms with Gasteiger partial charge in [-0.05, 0) is 50.2 Å². The monoisotopic (exact) mass is 378 g/mol. The molecule has 0 unspecified atom stereocenters.